The zero-order valence-electron chi connectivity index (χ0n) is 10.1. The highest BCUT2D eigenvalue weighted by Crippen LogP contribution is 2.30. The van der Waals surface area contributed by atoms with Gasteiger partial charge in [-0.1, -0.05) is 6.07 Å². The van der Waals surface area contributed by atoms with Crippen LogP contribution in [0.15, 0.2) is 30.5 Å². The summed E-state index contributed by atoms with van der Waals surface area (Å²) < 4.78 is 13.5. The Labute approximate surface area is 112 Å². The number of benzene rings is 1. The maximum Gasteiger partial charge on any atom is 0.267 e. The largest absolute Gasteiger partial charge is 0.505 e. The van der Waals surface area contributed by atoms with Crippen LogP contribution >= 0.6 is 0 Å². The summed E-state index contributed by atoms with van der Waals surface area (Å²) in [6, 6.07) is 5.40. The Morgan fingerprint density at radius 2 is 2.15 bits per heavy atom. The smallest absolute Gasteiger partial charge is 0.267 e. The zero-order valence-corrected chi connectivity index (χ0v) is 10.1. The number of amides is 1. The van der Waals surface area contributed by atoms with Crippen molar-refractivity contribution >= 4 is 16.9 Å². The van der Waals surface area contributed by atoms with Crippen molar-refractivity contribution in [2.75, 3.05) is 0 Å². The lowest BCUT2D eigenvalue weighted by atomic mass is 10.0. The number of nitrogens with two attached hydrogens (primary N) is 1. The van der Waals surface area contributed by atoms with Crippen molar-refractivity contribution in [1.29, 1.82) is 0 Å². The van der Waals surface area contributed by atoms with Gasteiger partial charge in [0.15, 0.2) is 17.2 Å². The van der Waals surface area contributed by atoms with E-state index in [9.17, 15) is 14.3 Å². The minimum Gasteiger partial charge on any atom is -0.505 e. The molecule has 0 unspecified atom stereocenters. The van der Waals surface area contributed by atoms with Crippen molar-refractivity contribution in [2.45, 2.75) is 0 Å². The Bertz CT molecular complexity index is 828. The highest BCUT2D eigenvalue weighted by Gasteiger charge is 2.13. The van der Waals surface area contributed by atoms with E-state index < -0.39 is 17.5 Å². The molecule has 100 valence electrons. The summed E-state index contributed by atoms with van der Waals surface area (Å²) >= 11 is 0. The predicted molar refractivity (Wildman–Crippen MR) is 69.5 cm³/mol. The Hall–Kier alpha value is -2.96. The van der Waals surface area contributed by atoms with Gasteiger partial charge in [-0.05, 0) is 29.3 Å². The van der Waals surface area contributed by atoms with Crippen LogP contribution in [0, 0.1) is 5.82 Å². The first-order chi connectivity index (χ1) is 9.56. The van der Waals surface area contributed by atoms with Crippen molar-refractivity contribution in [1.82, 2.24) is 15.2 Å². The third kappa shape index (κ3) is 1.85. The third-order valence-electron chi connectivity index (χ3n) is 2.93. The van der Waals surface area contributed by atoms with Crippen LogP contribution < -0.4 is 5.73 Å². The average Bonchev–Trinajstić information content (AvgIpc) is 2.89. The Morgan fingerprint density at radius 3 is 2.85 bits per heavy atom. The van der Waals surface area contributed by atoms with Crippen molar-refractivity contribution in [2.24, 2.45) is 5.73 Å². The number of pyridine rings is 1. The summed E-state index contributed by atoms with van der Waals surface area (Å²) in [4.78, 5) is 15.3. The number of aromatic nitrogens is 3. The van der Waals surface area contributed by atoms with Crippen molar-refractivity contribution in [3.63, 3.8) is 0 Å². The number of carbonyl (C=O) groups is 1. The molecule has 0 saturated heterocycles. The number of aromatic amines is 1. The first-order valence-electron chi connectivity index (χ1n) is 5.69. The minimum absolute atomic E-state index is 0.0465. The molecule has 3 aromatic rings. The SMILES string of the molecule is NC(=O)c1cc(-c2ccc(O)c(F)c2)c2cn[nH]c2n1. The van der Waals surface area contributed by atoms with Gasteiger partial charge in [0.25, 0.3) is 5.91 Å². The monoisotopic (exact) mass is 272 g/mol. The quantitative estimate of drug-likeness (QED) is 0.658. The number of fused-ring (bicyclic) bond motifs is 1. The van der Waals surface area contributed by atoms with Crippen LogP contribution in [0.1, 0.15) is 10.5 Å². The van der Waals surface area contributed by atoms with Crippen molar-refractivity contribution in [3.05, 3.63) is 42.0 Å². The van der Waals surface area contributed by atoms with Gasteiger partial charge in [-0.2, -0.15) is 5.10 Å². The van der Waals surface area contributed by atoms with Gasteiger partial charge in [-0.25, -0.2) is 9.37 Å². The number of H-pyrrole nitrogens is 1. The number of hydrogen-bond acceptors (Lipinski definition) is 4. The number of halogens is 1. The number of primary amides is 1. The van der Waals surface area contributed by atoms with Gasteiger partial charge in [0.2, 0.25) is 0 Å². The van der Waals surface area contributed by atoms with E-state index in [1.54, 1.807) is 0 Å². The molecule has 1 amide bonds. The van der Waals surface area contributed by atoms with Gasteiger partial charge in [0, 0.05) is 5.39 Å². The maximum absolute atomic E-state index is 13.5. The molecule has 0 aliphatic rings. The van der Waals surface area contributed by atoms with E-state index >= 15 is 0 Å². The average molecular weight is 272 g/mol. The van der Waals surface area contributed by atoms with Crippen LogP contribution in [0.5, 0.6) is 5.75 Å². The number of nitrogens with one attached hydrogen (secondary N) is 1. The summed E-state index contributed by atoms with van der Waals surface area (Å²) in [5.41, 5.74) is 6.69. The number of aromatic hydroxyl groups is 1. The molecule has 2 heterocycles. The number of phenolic OH excluding ortho intramolecular Hbond substituents is 1. The Balaban J connectivity index is 2.30. The summed E-state index contributed by atoms with van der Waals surface area (Å²) in [7, 11) is 0. The zero-order chi connectivity index (χ0) is 14.3. The molecule has 0 radical (unpaired) electrons. The van der Waals surface area contributed by atoms with E-state index in [1.165, 1.54) is 30.5 Å². The van der Waals surface area contributed by atoms with Crippen LogP contribution in [0.25, 0.3) is 22.2 Å². The van der Waals surface area contributed by atoms with Crippen LogP contribution in [0.4, 0.5) is 4.39 Å². The lowest BCUT2D eigenvalue weighted by Crippen LogP contribution is -2.13. The molecule has 0 fully saturated rings. The van der Waals surface area contributed by atoms with Gasteiger partial charge < -0.3 is 10.8 Å². The van der Waals surface area contributed by atoms with Gasteiger partial charge in [0.05, 0.1) is 6.20 Å². The second-order valence-electron chi connectivity index (χ2n) is 4.22. The molecule has 7 heteroatoms. The summed E-state index contributed by atoms with van der Waals surface area (Å²) in [5.74, 6) is -1.89. The van der Waals surface area contributed by atoms with E-state index in [4.69, 9.17) is 5.73 Å². The van der Waals surface area contributed by atoms with Crippen LogP contribution in [-0.4, -0.2) is 26.2 Å². The van der Waals surface area contributed by atoms with E-state index in [1.807, 2.05) is 0 Å². The molecule has 4 N–H and O–H groups in total. The van der Waals surface area contributed by atoms with E-state index in [2.05, 4.69) is 15.2 Å². The fourth-order valence-corrected chi connectivity index (χ4v) is 1.97. The molecule has 20 heavy (non-hydrogen) atoms. The topological polar surface area (TPSA) is 105 Å². The molecule has 3 rings (SSSR count). The standard InChI is InChI=1S/C13H9FN4O2/c14-9-3-6(1-2-11(9)19)7-4-10(12(15)20)17-13-8(7)5-16-18-13/h1-5,19H,(H2,15,20)(H,16,17,18). The molecule has 0 bridgehead atoms. The van der Waals surface area contributed by atoms with Crippen molar-refractivity contribution in [3.8, 4) is 16.9 Å². The predicted octanol–water partition coefficient (Wildman–Crippen LogP) is 1.57. The molecule has 0 atom stereocenters. The number of carbonyl (C=O) groups excluding carboxylic acids is 1. The number of hydrogen-bond donors (Lipinski definition) is 3. The van der Waals surface area contributed by atoms with Gasteiger partial charge in [-0.15, -0.1) is 0 Å². The maximum atomic E-state index is 13.5. The first kappa shape index (κ1) is 12.1. The summed E-state index contributed by atoms with van der Waals surface area (Å²) in [5, 5.41) is 16.3. The number of phenols is 1. The fourth-order valence-electron chi connectivity index (χ4n) is 1.97. The van der Waals surface area contributed by atoms with Gasteiger partial charge in [0.1, 0.15) is 5.69 Å². The molecule has 1 aromatic carbocycles. The highest BCUT2D eigenvalue weighted by atomic mass is 19.1. The molecule has 0 aliphatic carbocycles. The number of rotatable bonds is 2. The van der Waals surface area contributed by atoms with Crippen LogP contribution in [-0.2, 0) is 0 Å². The molecule has 6 nitrogen and oxygen atoms in total. The lowest BCUT2D eigenvalue weighted by molar-refractivity contribution is 0.0996. The fraction of sp³-hybridized carbons (Fsp3) is 0. The van der Waals surface area contributed by atoms with E-state index in [0.29, 0.717) is 22.2 Å². The van der Waals surface area contributed by atoms with Gasteiger partial charge >= 0.3 is 0 Å². The third-order valence-corrected chi connectivity index (χ3v) is 2.93. The first-order valence-corrected chi connectivity index (χ1v) is 5.69. The van der Waals surface area contributed by atoms with E-state index in [-0.39, 0.29) is 5.69 Å². The minimum atomic E-state index is -0.753. The molecular weight excluding hydrogens is 263 g/mol. The molecular formula is C13H9FN4O2. The summed E-state index contributed by atoms with van der Waals surface area (Å²) in [6.45, 7) is 0. The molecule has 0 saturated carbocycles. The molecule has 2 aromatic heterocycles. The highest BCUT2D eigenvalue weighted by molar-refractivity contribution is 5.99. The normalized spacial score (nSPS) is 10.8. The number of nitrogens with zero attached hydrogens (tertiary/aromatic N) is 2. The Morgan fingerprint density at radius 1 is 1.35 bits per heavy atom. The van der Waals surface area contributed by atoms with Gasteiger partial charge in [-0.3, -0.25) is 9.89 Å². The van der Waals surface area contributed by atoms with Crippen LogP contribution in [0.2, 0.25) is 0 Å². The lowest BCUT2D eigenvalue weighted by Gasteiger charge is -2.06. The molecule has 0 spiro atoms. The second-order valence-corrected chi connectivity index (χ2v) is 4.22. The molecule has 0 aliphatic heterocycles. The van der Waals surface area contributed by atoms with E-state index in [0.717, 1.165) is 0 Å². The summed E-state index contributed by atoms with van der Waals surface area (Å²) in [6.07, 6.45) is 1.52. The van der Waals surface area contributed by atoms with Crippen molar-refractivity contribution < 1.29 is 14.3 Å². The Kier molecular flexibility index (Phi) is 2.60. The second kappa shape index (κ2) is 4.30. The van der Waals surface area contributed by atoms with Crippen LogP contribution in [0.3, 0.4) is 0 Å².